The second-order valence-electron chi connectivity index (χ2n) is 7.15. The van der Waals surface area contributed by atoms with E-state index in [1.54, 1.807) is 29.4 Å². The number of nitrogens with zero attached hydrogens (tertiary/aromatic N) is 4. The number of rotatable bonds is 5. The molecule has 2 aromatic heterocycles. The number of nitrogens with one attached hydrogen (secondary N) is 1. The van der Waals surface area contributed by atoms with Gasteiger partial charge in [-0.1, -0.05) is 29.8 Å². The highest BCUT2D eigenvalue weighted by Gasteiger charge is 2.39. The number of aryl methyl sites for hydroxylation is 2. The highest BCUT2D eigenvalue weighted by molar-refractivity contribution is 5.94. The van der Waals surface area contributed by atoms with Crippen LogP contribution in [0.2, 0.25) is 0 Å². The summed E-state index contributed by atoms with van der Waals surface area (Å²) in [6, 6.07) is 11.5. The third-order valence-corrected chi connectivity index (χ3v) is 4.93. The first-order valence-electron chi connectivity index (χ1n) is 9.37. The van der Waals surface area contributed by atoms with Gasteiger partial charge in [0, 0.05) is 30.9 Å². The summed E-state index contributed by atoms with van der Waals surface area (Å²) in [5.74, 6) is 1.30. The molecule has 4 rings (SSSR count). The van der Waals surface area contributed by atoms with E-state index >= 15 is 0 Å². The van der Waals surface area contributed by atoms with Crippen LogP contribution in [0.15, 0.2) is 48.8 Å². The zero-order chi connectivity index (χ0) is 19.5. The number of ether oxygens (including phenoxy) is 1. The Bertz CT molecular complexity index is 956. The molecule has 7 heteroatoms. The molecule has 0 aliphatic carbocycles. The zero-order valence-electron chi connectivity index (χ0n) is 16.0. The summed E-state index contributed by atoms with van der Waals surface area (Å²) in [5, 5.41) is 7.16. The Kier molecular flexibility index (Phi) is 5.16. The fraction of sp³-hybridized carbons (Fsp3) is 0.333. The van der Waals surface area contributed by atoms with Gasteiger partial charge in [0.2, 0.25) is 0 Å². The zero-order valence-corrected chi connectivity index (χ0v) is 16.0. The smallest absolute Gasteiger partial charge is 0.254 e. The number of amides is 1. The Balaban J connectivity index is 1.52. The monoisotopic (exact) mass is 377 g/mol. The quantitative estimate of drug-likeness (QED) is 0.739. The van der Waals surface area contributed by atoms with Crippen LogP contribution >= 0.6 is 0 Å². The van der Waals surface area contributed by atoms with Gasteiger partial charge < -0.3 is 9.64 Å². The van der Waals surface area contributed by atoms with Gasteiger partial charge in [-0.25, -0.2) is 4.98 Å². The van der Waals surface area contributed by atoms with Gasteiger partial charge in [0.25, 0.3) is 5.91 Å². The van der Waals surface area contributed by atoms with Crippen molar-refractivity contribution in [3.8, 4) is 0 Å². The van der Waals surface area contributed by atoms with E-state index in [1.165, 1.54) is 5.56 Å². The third-order valence-electron chi connectivity index (χ3n) is 4.93. The van der Waals surface area contributed by atoms with Crippen LogP contribution in [0.5, 0.6) is 0 Å². The van der Waals surface area contributed by atoms with E-state index in [-0.39, 0.29) is 18.1 Å². The van der Waals surface area contributed by atoms with Crippen molar-refractivity contribution >= 4 is 5.91 Å². The van der Waals surface area contributed by atoms with Crippen LogP contribution in [0.1, 0.15) is 45.6 Å². The number of aromatic amines is 1. The van der Waals surface area contributed by atoms with E-state index in [0.29, 0.717) is 31.0 Å². The summed E-state index contributed by atoms with van der Waals surface area (Å²) in [6.07, 6.45) is 3.84. The number of hydrogen-bond donors (Lipinski definition) is 1. The molecule has 1 saturated heterocycles. The predicted molar refractivity (Wildman–Crippen MR) is 104 cm³/mol. The van der Waals surface area contributed by atoms with Crippen molar-refractivity contribution in [2.75, 3.05) is 6.54 Å². The molecule has 3 aromatic rings. The molecule has 0 saturated carbocycles. The Morgan fingerprint density at radius 2 is 2.07 bits per heavy atom. The van der Waals surface area contributed by atoms with Crippen LogP contribution in [-0.2, 0) is 11.3 Å². The minimum atomic E-state index is -0.215. The molecule has 2 atom stereocenters. The maximum atomic E-state index is 13.1. The van der Waals surface area contributed by atoms with E-state index in [2.05, 4.69) is 45.3 Å². The van der Waals surface area contributed by atoms with Gasteiger partial charge in [0.1, 0.15) is 5.82 Å². The summed E-state index contributed by atoms with van der Waals surface area (Å²) in [7, 11) is 0. The summed E-state index contributed by atoms with van der Waals surface area (Å²) >= 11 is 0. The molecule has 1 amide bonds. The van der Waals surface area contributed by atoms with E-state index in [0.717, 1.165) is 11.4 Å². The lowest BCUT2D eigenvalue weighted by molar-refractivity contribution is 0.0437. The Labute approximate surface area is 163 Å². The van der Waals surface area contributed by atoms with E-state index in [9.17, 15) is 4.79 Å². The number of H-pyrrole nitrogens is 1. The maximum absolute atomic E-state index is 13.1. The van der Waals surface area contributed by atoms with Crippen molar-refractivity contribution in [1.29, 1.82) is 0 Å². The van der Waals surface area contributed by atoms with Crippen molar-refractivity contribution in [3.63, 3.8) is 0 Å². The first-order valence-corrected chi connectivity index (χ1v) is 9.37. The lowest BCUT2D eigenvalue weighted by Gasteiger charge is -2.22. The minimum absolute atomic E-state index is 0.0588. The van der Waals surface area contributed by atoms with Crippen molar-refractivity contribution < 1.29 is 9.53 Å². The topological polar surface area (TPSA) is 84.0 Å². The fourth-order valence-corrected chi connectivity index (χ4v) is 3.57. The summed E-state index contributed by atoms with van der Waals surface area (Å²) in [6.45, 7) is 4.94. The number of hydrogen-bond acceptors (Lipinski definition) is 5. The molecular formula is C21H23N5O2. The minimum Gasteiger partial charge on any atom is -0.372 e. The van der Waals surface area contributed by atoms with Gasteiger partial charge in [-0.15, -0.1) is 0 Å². The first-order chi connectivity index (χ1) is 13.6. The van der Waals surface area contributed by atoms with E-state index < -0.39 is 0 Å². The molecule has 144 valence electrons. The molecule has 1 aliphatic heterocycles. The standard InChI is InChI=1S/C21H23N5O2/c1-14-4-3-5-16(10-14)13-28-18-11-19(20-23-15(2)24-25-20)26(12-18)21(27)17-6-8-22-9-7-17/h3-10,18-19H,11-13H2,1-2H3,(H,23,24,25)/t18-,19-/m0/s1. The van der Waals surface area contributed by atoms with Crippen LogP contribution in [0.4, 0.5) is 0 Å². The largest absolute Gasteiger partial charge is 0.372 e. The number of likely N-dealkylation sites (tertiary alicyclic amines) is 1. The Hall–Kier alpha value is -3.06. The molecule has 0 bridgehead atoms. The average Bonchev–Trinajstić information content (AvgIpc) is 3.33. The van der Waals surface area contributed by atoms with Crippen LogP contribution in [0.25, 0.3) is 0 Å². The van der Waals surface area contributed by atoms with Gasteiger partial charge in [-0.3, -0.25) is 14.9 Å². The SMILES string of the molecule is Cc1cccc(CO[C@H]2C[C@@H](c3n[nH]c(C)n3)N(C(=O)c3ccncc3)C2)c1. The molecular weight excluding hydrogens is 354 g/mol. The van der Waals surface area contributed by atoms with Crippen molar-refractivity contribution in [2.24, 2.45) is 0 Å². The number of benzene rings is 1. The molecule has 28 heavy (non-hydrogen) atoms. The van der Waals surface area contributed by atoms with Crippen molar-refractivity contribution in [1.82, 2.24) is 25.1 Å². The molecule has 3 heterocycles. The van der Waals surface area contributed by atoms with Gasteiger partial charge in [0.15, 0.2) is 5.82 Å². The summed E-state index contributed by atoms with van der Waals surface area (Å²) < 4.78 is 6.15. The average molecular weight is 377 g/mol. The van der Waals surface area contributed by atoms with Gasteiger partial charge in [-0.2, -0.15) is 5.10 Å². The van der Waals surface area contributed by atoms with E-state index in [4.69, 9.17) is 4.74 Å². The fourth-order valence-electron chi connectivity index (χ4n) is 3.57. The summed E-state index contributed by atoms with van der Waals surface area (Å²) in [5.41, 5.74) is 2.94. The number of carbonyl (C=O) groups is 1. The molecule has 0 spiro atoms. The third kappa shape index (κ3) is 3.94. The maximum Gasteiger partial charge on any atom is 0.254 e. The number of pyridine rings is 1. The second-order valence-corrected chi connectivity index (χ2v) is 7.15. The summed E-state index contributed by atoms with van der Waals surface area (Å²) in [4.78, 5) is 23.3. The number of aromatic nitrogens is 4. The Morgan fingerprint density at radius 3 is 2.79 bits per heavy atom. The molecule has 0 unspecified atom stereocenters. The highest BCUT2D eigenvalue weighted by atomic mass is 16.5. The molecule has 1 aromatic carbocycles. The van der Waals surface area contributed by atoms with Gasteiger partial charge >= 0.3 is 0 Å². The van der Waals surface area contributed by atoms with Crippen LogP contribution < -0.4 is 0 Å². The first kappa shape index (κ1) is 18.3. The van der Waals surface area contributed by atoms with Crippen LogP contribution in [-0.4, -0.2) is 43.6 Å². The van der Waals surface area contributed by atoms with Crippen molar-refractivity contribution in [3.05, 3.63) is 77.1 Å². The lowest BCUT2D eigenvalue weighted by atomic mass is 10.1. The second kappa shape index (κ2) is 7.90. The van der Waals surface area contributed by atoms with Crippen LogP contribution in [0.3, 0.4) is 0 Å². The normalized spacial score (nSPS) is 19.1. The van der Waals surface area contributed by atoms with E-state index in [1.807, 2.05) is 13.0 Å². The predicted octanol–water partition coefficient (Wildman–Crippen LogP) is 2.99. The Morgan fingerprint density at radius 1 is 1.25 bits per heavy atom. The number of carbonyl (C=O) groups excluding carboxylic acids is 1. The van der Waals surface area contributed by atoms with Crippen LogP contribution in [0, 0.1) is 13.8 Å². The van der Waals surface area contributed by atoms with Gasteiger partial charge in [-0.05, 0) is 31.5 Å². The molecule has 1 N–H and O–H groups in total. The van der Waals surface area contributed by atoms with Crippen molar-refractivity contribution in [2.45, 2.75) is 39.0 Å². The molecule has 1 fully saturated rings. The highest BCUT2D eigenvalue weighted by Crippen LogP contribution is 2.33. The molecule has 0 radical (unpaired) electrons. The lowest BCUT2D eigenvalue weighted by Crippen LogP contribution is -2.32. The van der Waals surface area contributed by atoms with Gasteiger partial charge in [0.05, 0.1) is 18.8 Å². The molecule has 1 aliphatic rings. The molecule has 7 nitrogen and oxygen atoms in total.